The number of nitrogens with one attached hydrogen (secondary N) is 1. The Morgan fingerprint density at radius 1 is 1.62 bits per heavy atom. The minimum Gasteiger partial charge on any atom is -0.312 e. The maximum atomic E-state index is 12.2. The Bertz CT molecular complexity index is 737. The summed E-state index contributed by atoms with van der Waals surface area (Å²) in [6.45, 7) is 2.22. The third kappa shape index (κ3) is 2.57. The average Bonchev–Trinajstić information content (AvgIpc) is 3.01. The molecule has 1 atom stereocenters. The summed E-state index contributed by atoms with van der Waals surface area (Å²) in [6, 6.07) is 2.26. The maximum absolute atomic E-state index is 12.2. The van der Waals surface area contributed by atoms with Gasteiger partial charge in [-0.2, -0.15) is 10.4 Å². The Kier molecular flexibility index (Phi) is 3.52. The van der Waals surface area contributed by atoms with Gasteiger partial charge in [0, 0.05) is 18.1 Å². The molecule has 108 valence electrons. The van der Waals surface area contributed by atoms with Crippen LogP contribution in [0.1, 0.15) is 39.7 Å². The number of fused-ring (bicyclic) bond motifs is 1. The van der Waals surface area contributed by atoms with Gasteiger partial charge in [-0.05, 0) is 30.7 Å². The lowest BCUT2D eigenvalue weighted by Gasteiger charge is -2.17. The number of thiophene rings is 1. The first kappa shape index (κ1) is 13.8. The van der Waals surface area contributed by atoms with E-state index in [1.165, 1.54) is 22.4 Å². The van der Waals surface area contributed by atoms with E-state index in [2.05, 4.69) is 23.4 Å². The van der Waals surface area contributed by atoms with Crippen LogP contribution in [0, 0.1) is 17.2 Å². The van der Waals surface area contributed by atoms with Crippen LogP contribution >= 0.6 is 11.3 Å². The highest BCUT2D eigenvalue weighted by Gasteiger charge is 2.24. The van der Waals surface area contributed by atoms with Gasteiger partial charge < -0.3 is 5.32 Å². The van der Waals surface area contributed by atoms with Crippen molar-refractivity contribution in [2.75, 3.05) is 5.32 Å². The number of hydrogen-bond donors (Lipinski definition) is 1. The standard InChI is InChI=1S/C15H16N4OS/c1-9-3-4-11-12(6-16)15(21-13(11)5-9)18-14(20)10-7-17-19(2)8-10/h7-9H,3-5H2,1-2H3,(H,18,20)/t9-/m1/s1. The Morgan fingerprint density at radius 2 is 2.43 bits per heavy atom. The van der Waals surface area contributed by atoms with Crippen LogP contribution < -0.4 is 5.32 Å². The summed E-state index contributed by atoms with van der Waals surface area (Å²) < 4.78 is 1.58. The Hall–Kier alpha value is -2.13. The van der Waals surface area contributed by atoms with Crippen LogP contribution in [0.2, 0.25) is 0 Å². The van der Waals surface area contributed by atoms with E-state index in [9.17, 15) is 10.1 Å². The van der Waals surface area contributed by atoms with E-state index in [-0.39, 0.29) is 5.91 Å². The van der Waals surface area contributed by atoms with Gasteiger partial charge in [0.2, 0.25) is 0 Å². The van der Waals surface area contributed by atoms with Gasteiger partial charge in [0.1, 0.15) is 11.1 Å². The molecular formula is C15H16N4OS. The SMILES string of the molecule is C[C@@H]1CCc2c(sc(NC(=O)c3cnn(C)c3)c2C#N)C1. The van der Waals surface area contributed by atoms with E-state index in [1.54, 1.807) is 17.9 Å². The zero-order chi connectivity index (χ0) is 15.0. The molecule has 1 amide bonds. The van der Waals surface area contributed by atoms with Crippen LogP contribution in [0.3, 0.4) is 0 Å². The molecule has 0 saturated heterocycles. The Balaban J connectivity index is 1.89. The predicted molar refractivity (Wildman–Crippen MR) is 81.4 cm³/mol. The molecule has 0 aliphatic heterocycles. The van der Waals surface area contributed by atoms with Crippen molar-refractivity contribution in [2.45, 2.75) is 26.2 Å². The van der Waals surface area contributed by atoms with Crippen molar-refractivity contribution >= 4 is 22.2 Å². The molecule has 1 aliphatic carbocycles. The highest BCUT2D eigenvalue weighted by atomic mass is 32.1. The van der Waals surface area contributed by atoms with Gasteiger partial charge in [0.05, 0.1) is 17.3 Å². The van der Waals surface area contributed by atoms with Crippen LogP contribution in [0.15, 0.2) is 12.4 Å². The van der Waals surface area contributed by atoms with Crippen molar-refractivity contribution in [1.82, 2.24) is 9.78 Å². The van der Waals surface area contributed by atoms with E-state index in [0.717, 1.165) is 24.8 Å². The number of anilines is 1. The average molecular weight is 300 g/mol. The molecule has 6 heteroatoms. The van der Waals surface area contributed by atoms with Gasteiger partial charge in [0.25, 0.3) is 5.91 Å². The lowest BCUT2D eigenvalue weighted by atomic mass is 9.88. The van der Waals surface area contributed by atoms with Gasteiger partial charge in [-0.1, -0.05) is 6.92 Å². The number of hydrogen-bond acceptors (Lipinski definition) is 4. The lowest BCUT2D eigenvalue weighted by Crippen LogP contribution is -2.11. The third-order valence-electron chi connectivity index (χ3n) is 3.82. The fraction of sp³-hybridized carbons (Fsp3) is 0.400. The quantitative estimate of drug-likeness (QED) is 0.927. The highest BCUT2D eigenvalue weighted by Crippen LogP contribution is 2.39. The van der Waals surface area contributed by atoms with Crippen molar-refractivity contribution in [3.05, 3.63) is 34.0 Å². The van der Waals surface area contributed by atoms with Crippen molar-refractivity contribution < 1.29 is 4.79 Å². The van der Waals surface area contributed by atoms with Crippen LogP contribution in [-0.2, 0) is 19.9 Å². The summed E-state index contributed by atoms with van der Waals surface area (Å²) in [7, 11) is 1.77. The molecule has 1 aliphatic rings. The second kappa shape index (κ2) is 5.34. The topological polar surface area (TPSA) is 70.7 Å². The molecule has 0 saturated carbocycles. The van der Waals surface area contributed by atoms with Gasteiger partial charge in [-0.25, -0.2) is 0 Å². The monoisotopic (exact) mass is 300 g/mol. The van der Waals surface area contributed by atoms with E-state index in [0.29, 0.717) is 22.0 Å². The fourth-order valence-corrected chi connectivity index (χ4v) is 4.03. The van der Waals surface area contributed by atoms with E-state index in [1.807, 2.05) is 0 Å². The second-order valence-corrected chi connectivity index (χ2v) is 6.63. The first-order chi connectivity index (χ1) is 10.1. The van der Waals surface area contributed by atoms with Crippen molar-refractivity contribution in [3.63, 3.8) is 0 Å². The zero-order valence-electron chi connectivity index (χ0n) is 12.0. The van der Waals surface area contributed by atoms with Crippen LogP contribution in [0.5, 0.6) is 0 Å². The molecule has 0 unspecified atom stereocenters. The highest BCUT2D eigenvalue weighted by molar-refractivity contribution is 7.16. The molecule has 2 aromatic rings. The van der Waals surface area contributed by atoms with Crippen LogP contribution in [0.25, 0.3) is 0 Å². The number of carbonyl (C=O) groups is 1. The second-order valence-electron chi connectivity index (χ2n) is 5.52. The lowest BCUT2D eigenvalue weighted by molar-refractivity contribution is 0.102. The smallest absolute Gasteiger partial charge is 0.259 e. The van der Waals surface area contributed by atoms with Crippen molar-refractivity contribution in [2.24, 2.45) is 13.0 Å². The number of nitriles is 1. The van der Waals surface area contributed by atoms with Crippen molar-refractivity contribution in [3.8, 4) is 6.07 Å². The molecule has 3 rings (SSSR count). The van der Waals surface area contributed by atoms with Gasteiger partial charge in [-0.3, -0.25) is 9.48 Å². The van der Waals surface area contributed by atoms with E-state index < -0.39 is 0 Å². The minimum atomic E-state index is -0.216. The number of nitrogens with zero attached hydrogens (tertiary/aromatic N) is 3. The number of aryl methyl sites for hydroxylation is 1. The number of amides is 1. The minimum absolute atomic E-state index is 0.216. The molecule has 0 fully saturated rings. The maximum Gasteiger partial charge on any atom is 0.259 e. The molecule has 0 aromatic carbocycles. The molecule has 2 heterocycles. The fourth-order valence-electron chi connectivity index (χ4n) is 2.67. The number of aromatic nitrogens is 2. The summed E-state index contributed by atoms with van der Waals surface area (Å²) in [5.74, 6) is 0.427. The van der Waals surface area contributed by atoms with E-state index >= 15 is 0 Å². The molecule has 0 spiro atoms. The molecule has 21 heavy (non-hydrogen) atoms. The summed E-state index contributed by atoms with van der Waals surface area (Å²) in [6.07, 6.45) is 6.22. The Morgan fingerprint density at radius 3 is 3.10 bits per heavy atom. The van der Waals surface area contributed by atoms with Gasteiger partial charge in [0.15, 0.2) is 0 Å². The summed E-state index contributed by atoms with van der Waals surface area (Å²) in [5.41, 5.74) is 2.27. The van der Waals surface area contributed by atoms with Crippen LogP contribution in [-0.4, -0.2) is 15.7 Å². The largest absolute Gasteiger partial charge is 0.312 e. The molecular weight excluding hydrogens is 284 g/mol. The third-order valence-corrected chi connectivity index (χ3v) is 4.99. The summed E-state index contributed by atoms with van der Waals surface area (Å²) in [5, 5.41) is 16.9. The Labute approximate surface area is 127 Å². The predicted octanol–water partition coefficient (Wildman–Crippen LogP) is 2.73. The number of carbonyl (C=O) groups excluding carboxylic acids is 1. The number of rotatable bonds is 2. The molecule has 2 aromatic heterocycles. The van der Waals surface area contributed by atoms with Gasteiger partial charge in [-0.15, -0.1) is 11.3 Å². The first-order valence-corrected chi connectivity index (χ1v) is 7.74. The molecule has 0 radical (unpaired) electrons. The van der Waals surface area contributed by atoms with Crippen LogP contribution in [0.4, 0.5) is 5.00 Å². The van der Waals surface area contributed by atoms with Crippen molar-refractivity contribution in [1.29, 1.82) is 5.26 Å². The normalized spacial score (nSPS) is 17.1. The molecule has 1 N–H and O–H groups in total. The zero-order valence-corrected chi connectivity index (χ0v) is 12.8. The van der Waals surface area contributed by atoms with E-state index in [4.69, 9.17) is 0 Å². The summed E-state index contributed by atoms with van der Waals surface area (Å²) in [4.78, 5) is 13.4. The first-order valence-electron chi connectivity index (χ1n) is 6.93. The molecule has 5 nitrogen and oxygen atoms in total. The molecule has 0 bridgehead atoms. The van der Waals surface area contributed by atoms with Gasteiger partial charge >= 0.3 is 0 Å². The summed E-state index contributed by atoms with van der Waals surface area (Å²) >= 11 is 1.54.